The Hall–Kier alpha value is -1.73. The van der Waals surface area contributed by atoms with Crippen molar-refractivity contribution >= 4 is 21.8 Å². The standard InChI is InChI=1S/C18H23NO5S/c1-17(2)13-8-9-18(17,14(20)10-13)11-25(23,24)19-15(16(21)22)12-6-4-3-5-7-12/h3-7,13,15,19H,8-11H2,1-2H3,(H,21,22)/t13-,15-,18-/m0/s1. The second kappa shape index (κ2) is 5.92. The lowest BCUT2D eigenvalue weighted by Crippen LogP contribution is -2.46. The molecular weight excluding hydrogens is 342 g/mol. The summed E-state index contributed by atoms with van der Waals surface area (Å²) in [5.41, 5.74) is -0.939. The van der Waals surface area contributed by atoms with E-state index in [9.17, 15) is 23.1 Å². The molecule has 2 saturated carbocycles. The topological polar surface area (TPSA) is 101 Å². The monoisotopic (exact) mass is 365 g/mol. The third-order valence-corrected chi connectivity index (χ3v) is 7.72. The SMILES string of the molecule is CC1(C)[C@H]2CC[C@]1(CS(=O)(=O)N[C@H](C(=O)O)c1ccccc1)C(=O)C2. The highest BCUT2D eigenvalue weighted by atomic mass is 32.2. The minimum Gasteiger partial charge on any atom is -0.480 e. The molecule has 136 valence electrons. The van der Waals surface area contributed by atoms with Crippen LogP contribution in [0.25, 0.3) is 0 Å². The molecule has 0 heterocycles. The number of aliphatic carboxylic acids is 1. The smallest absolute Gasteiger partial charge is 0.326 e. The van der Waals surface area contributed by atoms with Gasteiger partial charge in [-0.25, -0.2) is 8.42 Å². The van der Waals surface area contributed by atoms with Gasteiger partial charge in [-0.3, -0.25) is 9.59 Å². The molecule has 1 aromatic carbocycles. The van der Waals surface area contributed by atoms with Crippen molar-refractivity contribution in [2.45, 2.75) is 39.2 Å². The quantitative estimate of drug-likeness (QED) is 0.804. The van der Waals surface area contributed by atoms with Crippen molar-refractivity contribution < 1.29 is 23.1 Å². The maximum atomic E-state index is 12.8. The Morgan fingerprint density at radius 2 is 1.96 bits per heavy atom. The normalized spacial score (nSPS) is 28.9. The van der Waals surface area contributed by atoms with Crippen molar-refractivity contribution in [3.05, 3.63) is 35.9 Å². The van der Waals surface area contributed by atoms with Crippen LogP contribution in [0, 0.1) is 16.7 Å². The van der Waals surface area contributed by atoms with Crippen LogP contribution in [-0.2, 0) is 19.6 Å². The minimum atomic E-state index is -3.96. The Morgan fingerprint density at radius 3 is 2.44 bits per heavy atom. The van der Waals surface area contributed by atoms with Crippen molar-refractivity contribution in [3.63, 3.8) is 0 Å². The van der Waals surface area contributed by atoms with E-state index in [1.807, 2.05) is 13.8 Å². The molecule has 0 unspecified atom stereocenters. The van der Waals surface area contributed by atoms with Crippen molar-refractivity contribution in [2.24, 2.45) is 16.7 Å². The second-order valence-electron chi connectivity index (χ2n) is 7.73. The molecule has 25 heavy (non-hydrogen) atoms. The van der Waals surface area contributed by atoms with Gasteiger partial charge in [-0.1, -0.05) is 44.2 Å². The van der Waals surface area contributed by atoms with Gasteiger partial charge in [0.05, 0.1) is 5.75 Å². The number of nitrogens with one attached hydrogen (secondary N) is 1. The van der Waals surface area contributed by atoms with E-state index < -0.39 is 27.4 Å². The summed E-state index contributed by atoms with van der Waals surface area (Å²) in [6, 6.07) is 6.81. The number of Topliss-reactive ketones (excluding diaryl/α,β-unsaturated/α-hetero) is 1. The van der Waals surface area contributed by atoms with E-state index in [1.165, 1.54) is 0 Å². The average Bonchev–Trinajstić information content (AvgIpc) is 2.87. The van der Waals surface area contributed by atoms with E-state index in [4.69, 9.17) is 0 Å². The van der Waals surface area contributed by atoms with Gasteiger partial charge in [-0.2, -0.15) is 4.72 Å². The molecule has 0 spiro atoms. The van der Waals surface area contributed by atoms with Crippen LogP contribution in [0.4, 0.5) is 0 Å². The zero-order chi connectivity index (χ0) is 18.5. The first-order chi connectivity index (χ1) is 11.6. The van der Waals surface area contributed by atoms with E-state index in [-0.39, 0.29) is 22.9 Å². The van der Waals surface area contributed by atoms with Crippen LogP contribution in [0.1, 0.15) is 44.7 Å². The van der Waals surface area contributed by atoms with Gasteiger partial charge in [0.2, 0.25) is 10.0 Å². The highest BCUT2D eigenvalue weighted by molar-refractivity contribution is 7.89. The summed E-state index contributed by atoms with van der Waals surface area (Å²) in [7, 11) is -3.96. The maximum absolute atomic E-state index is 12.8. The lowest BCUT2D eigenvalue weighted by molar-refractivity contribution is -0.139. The number of carboxylic acid groups (broad SMARTS) is 1. The van der Waals surface area contributed by atoms with Crippen molar-refractivity contribution in [1.29, 1.82) is 0 Å². The van der Waals surface area contributed by atoms with Crippen LogP contribution in [0.15, 0.2) is 30.3 Å². The van der Waals surface area contributed by atoms with E-state index in [0.717, 1.165) is 6.42 Å². The van der Waals surface area contributed by atoms with Crippen molar-refractivity contribution in [1.82, 2.24) is 4.72 Å². The largest absolute Gasteiger partial charge is 0.480 e. The van der Waals surface area contributed by atoms with E-state index in [2.05, 4.69) is 4.72 Å². The van der Waals surface area contributed by atoms with Crippen LogP contribution >= 0.6 is 0 Å². The first kappa shape index (κ1) is 18.1. The zero-order valence-corrected chi connectivity index (χ0v) is 15.2. The Labute approximate surface area is 147 Å². The van der Waals surface area contributed by atoms with Crippen LogP contribution in [0.3, 0.4) is 0 Å². The molecule has 0 saturated heterocycles. The first-order valence-corrected chi connectivity index (χ1v) is 10.1. The summed E-state index contributed by atoms with van der Waals surface area (Å²) in [6.45, 7) is 3.91. The molecule has 7 heteroatoms. The maximum Gasteiger partial charge on any atom is 0.326 e. The molecule has 6 nitrogen and oxygen atoms in total. The fourth-order valence-electron chi connectivity index (χ4n) is 4.56. The van der Waals surface area contributed by atoms with E-state index in [0.29, 0.717) is 18.4 Å². The van der Waals surface area contributed by atoms with Gasteiger partial charge >= 0.3 is 5.97 Å². The number of fused-ring (bicyclic) bond motifs is 2. The number of carbonyl (C=O) groups is 2. The van der Waals surface area contributed by atoms with Crippen molar-refractivity contribution in [3.8, 4) is 0 Å². The number of hydrogen-bond donors (Lipinski definition) is 2. The molecule has 0 amide bonds. The van der Waals surface area contributed by atoms with E-state index >= 15 is 0 Å². The molecular formula is C18H23NO5S. The number of hydrogen-bond acceptors (Lipinski definition) is 4. The Balaban J connectivity index is 1.87. The molecule has 2 fully saturated rings. The Kier molecular flexibility index (Phi) is 4.28. The van der Waals surface area contributed by atoms with Crippen LogP contribution in [0.5, 0.6) is 0 Å². The lowest BCUT2D eigenvalue weighted by Gasteiger charge is -2.36. The minimum absolute atomic E-state index is 0.00860. The van der Waals surface area contributed by atoms with Gasteiger partial charge in [-0.05, 0) is 29.7 Å². The Morgan fingerprint density at radius 1 is 1.32 bits per heavy atom. The number of sulfonamides is 1. The van der Waals surface area contributed by atoms with E-state index in [1.54, 1.807) is 30.3 Å². The van der Waals surface area contributed by atoms with Crippen molar-refractivity contribution in [2.75, 3.05) is 5.75 Å². The summed E-state index contributed by atoms with van der Waals surface area (Å²) < 4.78 is 27.8. The molecule has 2 aliphatic carbocycles. The number of ketones is 1. The zero-order valence-electron chi connectivity index (χ0n) is 14.4. The highest BCUT2D eigenvalue weighted by Gasteiger charge is 2.65. The number of benzene rings is 1. The van der Waals surface area contributed by atoms with Crippen LogP contribution in [-0.4, -0.2) is 31.0 Å². The fraction of sp³-hybridized carbons (Fsp3) is 0.556. The summed E-state index contributed by atoms with van der Waals surface area (Å²) in [5.74, 6) is -1.42. The predicted molar refractivity (Wildman–Crippen MR) is 92.3 cm³/mol. The summed E-state index contributed by atoms with van der Waals surface area (Å²) in [6.07, 6.45) is 1.81. The summed E-state index contributed by atoms with van der Waals surface area (Å²) >= 11 is 0. The number of carboxylic acids is 1. The molecule has 3 rings (SSSR count). The van der Waals surface area contributed by atoms with Gasteiger partial charge in [0.1, 0.15) is 11.8 Å². The lowest BCUT2D eigenvalue weighted by atomic mass is 9.70. The molecule has 3 atom stereocenters. The van der Waals surface area contributed by atoms with Gasteiger partial charge in [0.15, 0.2) is 0 Å². The van der Waals surface area contributed by atoms with Gasteiger partial charge in [0.25, 0.3) is 0 Å². The number of rotatable bonds is 6. The van der Waals surface area contributed by atoms with Gasteiger partial charge < -0.3 is 5.11 Å². The van der Waals surface area contributed by atoms with Gasteiger partial charge in [-0.15, -0.1) is 0 Å². The molecule has 1 aromatic rings. The molecule has 0 aromatic heterocycles. The second-order valence-corrected chi connectivity index (χ2v) is 9.48. The summed E-state index contributed by atoms with van der Waals surface area (Å²) in [5, 5.41) is 9.44. The number of carbonyl (C=O) groups excluding carboxylic acids is 1. The molecule has 2 bridgehead atoms. The Bertz CT molecular complexity index is 802. The third-order valence-electron chi connectivity index (χ3n) is 6.25. The average molecular weight is 365 g/mol. The first-order valence-electron chi connectivity index (χ1n) is 8.40. The molecule has 0 aliphatic heterocycles. The van der Waals surface area contributed by atoms with Crippen LogP contribution in [0.2, 0.25) is 0 Å². The third kappa shape index (κ3) is 2.89. The van der Waals surface area contributed by atoms with Gasteiger partial charge in [0, 0.05) is 11.8 Å². The summed E-state index contributed by atoms with van der Waals surface area (Å²) in [4.78, 5) is 24.1. The predicted octanol–water partition coefficient (Wildman–Crippen LogP) is 2.13. The fourth-order valence-corrected chi connectivity index (χ4v) is 6.57. The highest BCUT2D eigenvalue weighted by Crippen LogP contribution is 2.64. The molecule has 2 aliphatic rings. The molecule has 0 radical (unpaired) electrons. The molecule has 2 N–H and O–H groups in total. The van der Waals surface area contributed by atoms with Crippen LogP contribution < -0.4 is 4.72 Å².